The van der Waals surface area contributed by atoms with Crippen molar-refractivity contribution in [1.29, 1.82) is 0 Å². The van der Waals surface area contributed by atoms with Crippen molar-refractivity contribution in [3.05, 3.63) is 29.6 Å². The number of aliphatic carboxylic acids is 1. The van der Waals surface area contributed by atoms with E-state index >= 15 is 0 Å². The Morgan fingerprint density at radius 1 is 1.40 bits per heavy atom. The number of carbonyl (C=O) groups is 2. The van der Waals surface area contributed by atoms with Crippen molar-refractivity contribution in [2.75, 3.05) is 12.0 Å². The zero-order valence-corrected chi connectivity index (χ0v) is 12.0. The summed E-state index contributed by atoms with van der Waals surface area (Å²) < 4.78 is 22.1. The van der Waals surface area contributed by atoms with Crippen LogP contribution in [0.4, 0.5) is 0 Å². The van der Waals surface area contributed by atoms with Crippen molar-refractivity contribution in [3.8, 4) is 0 Å². The van der Waals surface area contributed by atoms with Gasteiger partial charge in [-0.15, -0.1) is 0 Å². The quantitative estimate of drug-likeness (QED) is 0.765. The van der Waals surface area contributed by atoms with E-state index in [1.807, 2.05) is 0 Å². The minimum atomic E-state index is -3.29. The maximum atomic E-state index is 11.9. The Hall–Kier alpha value is -1.96. The summed E-state index contributed by atoms with van der Waals surface area (Å²) in [5, 5.41) is 11.3. The molecule has 0 spiro atoms. The average molecular weight is 300 g/mol. The van der Waals surface area contributed by atoms with Crippen LogP contribution < -0.4 is 5.32 Å². The molecule has 1 aromatic rings. The summed E-state index contributed by atoms with van der Waals surface area (Å²) in [4.78, 5) is 26.7. The molecule has 2 N–H and O–H groups in total. The summed E-state index contributed by atoms with van der Waals surface area (Å²) in [5.74, 6) is -2.18. The van der Waals surface area contributed by atoms with Gasteiger partial charge in [0.15, 0.2) is 0 Å². The molecule has 1 unspecified atom stereocenters. The third kappa shape index (κ3) is 5.35. The second kappa shape index (κ2) is 6.47. The first-order valence-corrected chi connectivity index (χ1v) is 7.88. The molecule has 20 heavy (non-hydrogen) atoms. The Morgan fingerprint density at radius 2 is 2.05 bits per heavy atom. The Labute approximate surface area is 116 Å². The topological polar surface area (TPSA) is 113 Å². The molecule has 0 bridgehead atoms. The molecule has 1 heterocycles. The van der Waals surface area contributed by atoms with Gasteiger partial charge < -0.3 is 10.4 Å². The van der Waals surface area contributed by atoms with Crippen LogP contribution in [0.2, 0.25) is 0 Å². The molecule has 0 radical (unpaired) electrons. The smallest absolute Gasteiger partial charge is 0.326 e. The van der Waals surface area contributed by atoms with E-state index in [0.29, 0.717) is 0 Å². The van der Waals surface area contributed by atoms with E-state index in [-0.39, 0.29) is 17.7 Å². The molecule has 8 heteroatoms. The number of hydrogen-bond donors (Lipinski definition) is 2. The highest BCUT2D eigenvalue weighted by molar-refractivity contribution is 7.90. The number of nitrogens with zero attached hydrogens (tertiary/aromatic N) is 1. The maximum absolute atomic E-state index is 11.9. The van der Waals surface area contributed by atoms with E-state index in [4.69, 9.17) is 5.11 Å². The zero-order valence-electron chi connectivity index (χ0n) is 11.2. The van der Waals surface area contributed by atoms with Crippen molar-refractivity contribution in [2.45, 2.75) is 19.4 Å². The largest absolute Gasteiger partial charge is 0.480 e. The third-order valence-corrected chi connectivity index (χ3v) is 3.50. The van der Waals surface area contributed by atoms with Gasteiger partial charge in [-0.2, -0.15) is 0 Å². The second-order valence-corrected chi connectivity index (χ2v) is 6.79. The number of aryl methyl sites for hydroxylation is 1. The highest BCUT2D eigenvalue weighted by Crippen LogP contribution is 2.03. The molecule has 0 aliphatic heterocycles. The maximum Gasteiger partial charge on any atom is 0.326 e. The van der Waals surface area contributed by atoms with Crippen LogP contribution >= 0.6 is 0 Å². The highest BCUT2D eigenvalue weighted by atomic mass is 32.2. The second-order valence-electron chi connectivity index (χ2n) is 4.53. The van der Waals surface area contributed by atoms with Crippen LogP contribution in [0.25, 0.3) is 0 Å². The molecule has 0 aromatic carbocycles. The van der Waals surface area contributed by atoms with Crippen molar-refractivity contribution >= 4 is 21.7 Å². The molecule has 7 nitrogen and oxygen atoms in total. The number of rotatable bonds is 6. The summed E-state index contributed by atoms with van der Waals surface area (Å²) in [5.41, 5.74) is 0.997. The molecule has 0 aliphatic rings. The zero-order chi connectivity index (χ0) is 15.3. The van der Waals surface area contributed by atoms with Crippen molar-refractivity contribution in [3.63, 3.8) is 0 Å². The standard InChI is InChI=1S/C12H16N2O5S/c1-8-5-9(7-13-6-8)11(15)14-10(12(16)17)3-4-20(2,18)19/h5-7,10H,3-4H2,1-2H3,(H,14,15)(H,16,17). The lowest BCUT2D eigenvalue weighted by Crippen LogP contribution is -2.41. The molecule has 1 atom stereocenters. The molecule has 0 saturated heterocycles. The van der Waals surface area contributed by atoms with Crippen LogP contribution in [-0.2, 0) is 14.6 Å². The number of carboxylic acids is 1. The van der Waals surface area contributed by atoms with Crippen molar-refractivity contribution < 1.29 is 23.1 Å². The van der Waals surface area contributed by atoms with E-state index in [1.54, 1.807) is 19.2 Å². The van der Waals surface area contributed by atoms with Crippen LogP contribution in [0, 0.1) is 6.92 Å². The van der Waals surface area contributed by atoms with Crippen LogP contribution in [0.5, 0.6) is 0 Å². The third-order valence-electron chi connectivity index (χ3n) is 2.52. The summed E-state index contributed by atoms with van der Waals surface area (Å²) in [6.45, 7) is 1.75. The lowest BCUT2D eigenvalue weighted by atomic mass is 10.1. The molecule has 1 amide bonds. The van der Waals surface area contributed by atoms with Gasteiger partial charge in [-0.3, -0.25) is 9.78 Å². The first-order chi connectivity index (χ1) is 9.19. The Kier molecular flexibility index (Phi) is 5.20. The Morgan fingerprint density at radius 3 is 2.55 bits per heavy atom. The van der Waals surface area contributed by atoms with Gasteiger partial charge in [-0.25, -0.2) is 13.2 Å². The van der Waals surface area contributed by atoms with Gasteiger partial charge in [-0.1, -0.05) is 0 Å². The average Bonchev–Trinajstić information content (AvgIpc) is 2.32. The van der Waals surface area contributed by atoms with Gasteiger partial charge >= 0.3 is 5.97 Å². The van der Waals surface area contributed by atoms with Gasteiger partial charge in [0, 0.05) is 18.6 Å². The number of sulfone groups is 1. The summed E-state index contributed by atoms with van der Waals surface area (Å²) in [6.07, 6.45) is 3.71. The Balaban J connectivity index is 2.75. The number of amides is 1. The number of carbonyl (C=O) groups excluding carboxylic acids is 1. The number of nitrogens with one attached hydrogen (secondary N) is 1. The Bertz CT molecular complexity index is 612. The van der Waals surface area contributed by atoms with Gasteiger partial charge in [-0.05, 0) is 25.0 Å². The molecule has 0 saturated carbocycles. The van der Waals surface area contributed by atoms with Crippen molar-refractivity contribution in [1.82, 2.24) is 10.3 Å². The summed E-state index contributed by atoms with van der Waals surface area (Å²) in [6, 6.07) is 0.315. The van der Waals surface area contributed by atoms with Crippen LogP contribution in [0.1, 0.15) is 22.3 Å². The lowest BCUT2D eigenvalue weighted by Gasteiger charge is -2.14. The molecule has 110 valence electrons. The number of hydrogen-bond acceptors (Lipinski definition) is 5. The predicted molar refractivity (Wildman–Crippen MR) is 72.2 cm³/mol. The van der Waals surface area contributed by atoms with Gasteiger partial charge in [0.25, 0.3) is 5.91 Å². The first kappa shape index (κ1) is 16.1. The lowest BCUT2D eigenvalue weighted by molar-refractivity contribution is -0.139. The minimum absolute atomic E-state index is 0.181. The van der Waals surface area contributed by atoms with Crippen LogP contribution in [0.15, 0.2) is 18.5 Å². The molecule has 1 rings (SSSR count). The van der Waals surface area contributed by atoms with Gasteiger partial charge in [0.2, 0.25) is 0 Å². The molecule has 0 fully saturated rings. The van der Waals surface area contributed by atoms with Gasteiger partial charge in [0.1, 0.15) is 15.9 Å². The normalized spacial score (nSPS) is 12.7. The first-order valence-electron chi connectivity index (χ1n) is 5.82. The van der Waals surface area contributed by atoms with Crippen molar-refractivity contribution in [2.24, 2.45) is 0 Å². The number of pyridine rings is 1. The fourth-order valence-electron chi connectivity index (χ4n) is 1.51. The molecule has 0 aliphatic carbocycles. The molecular formula is C12H16N2O5S. The van der Waals surface area contributed by atoms with E-state index in [0.717, 1.165) is 11.8 Å². The number of carboxylic acid groups (broad SMARTS) is 1. The SMILES string of the molecule is Cc1cncc(C(=O)NC(CCS(C)(=O)=O)C(=O)O)c1. The monoisotopic (exact) mass is 300 g/mol. The molecule has 1 aromatic heterocycles. The van der Waals surface area contributed by atoms with E-state index in [2.05, 4.69) is 10.3 Å². The fraction of sp³-hybridized carbons (Fsp3) is 0.417. The van der Waals surface area contributed by atoms with E-state index in [1.165, 1.54) is 6.20 Å². The van der Waals surface area contributed by atoms with Crippen LogP contribution in [-0.4, -0.2) is 48.4 Å². The van der Waals surface area contributed by atoms with Crippen LogP contribution in [0.3, 0.4) is 0 Å². The predicted octanol–water partition coefficient (Wildman–Crippen LogP) is 0.00772. The molecular weight excluding hydrogens is 284 g/mol. The highest BCUT2D eigenvalue weighted by Gasteiger charge is 2.22. The fourth-order valence-corrected chi connectivity index (χ4v) is 2.17. The summed E-state index contributed by atoms with van der Waals surface area (Å²) in [7, 11) is -3.29. The number of aromatic nitrogens is 1. The van der Waals surface area contributed by atoms with E-state index < -0.39 is 27.8 Å². The summed E-state index contributed by atoms with van der Waals surface area (Å²) >= 11 is 0. The van der Waals surface area contributed by atoms with Gasteiger partial charge in [0.05, 0.1) is 11.3 Å². The minimum Gasteiger partial charge on any atom is -0.480 e. The van der Waals surface area contributed by atoms with E-state index in [9.17, 15) is 18.0 Å².